The van der Waals surface area contributed by atoms with Crippen LogP contribution in [-0.2, 0) is 0 Å². The number of carbonyl (C=O) groups excluding carboxylic acids is 1. The zero-order valence-corrected chi connectivity index (χ0v) is 13.9. The van der Waals surface area contributed by atoms with Gasteiger partial charge in [0.15, 0.2) is 5.78 Å². The monoisotopic (exact) mass is 394 g/mol. The van der Waals surface area contributed by atoms with Crippen molar-refractivity contribution >= 4 is 37.6 Å². The van der Waals surface area contributed by atoms with Crippen molar-refractivity contribution in [3.63, 3.8) is 0 Å². The normalized spacial score (nSPS) is 20.9. The van der Waals surface area contributed by atoms with Crippen molar-refractivity contribution < 1.29 is 9.53 Å². The molecular weight excluding hydrogens is 384 g/mol. The number of ketones is 1. The van der Waals surface area contributed by atoms with E-state index in [2.05, 4.69) is 31.9 Å². The third-order valence-corrected chi connectivity index (χ3v) is 6.31. The highest BCUT2D eigenvalue weighted by Gasteiger charge is 2.32. The van der Waals surface area contributed by atoms with Gasteiger partial charge < -0.3 is 4.74 Å². The number of methoxy groups -OCH3 is 1. The number of fused-ring (bicyclic) bond motifs is 2. The zero-order valence-electron chi connectivity index (χ0n) is 10.8. The summed E-state index contributed by atoms with van der Waals surface area (Å²) in [4.78, 5) is 12.8. The first-order chi connectivity index (χ1) is 9.63. The molecule has 2 aromatic rings. The molecule has 2 atom stereocenters. The van der Waals surface area contributed by atoms with Crippen LogP contribution in [-0.4, -0.2) is 12.9 Å². The van der Waals surface area contributed by atoms with Crippen LogP contribution in [0.5, 0.6) is 5.75 Å². The predicted octanol–water partition coefficient (Wildman–Crippen LogP) is 4.81. The van der Waals surface area contributed by atoms with Gasteiger partial charge in [-0.05, 0) is 29.3 Å². The Morgan fingerprint density at radius 2 is 1.60 bits per heavy atom. The summed E-state index contributed by atoms with van der Waals surface area (Å²) in [6.07, 6.45) is 0. The maximum absolute atomic E-state index is 12.7. The van der Waals surface area contributed by atoms with Gasteiger partial charge in [0, 0.05) is 11.1 Å². The summed E-state index contributed by atoms with van der Waals surface area (Å²) < 4.78 is 5.27. The van der Waals surface area contributed by atoms with E-state index in [4.69, 9.17) is 4.74 Å². The molecule has 1 aliphatic carbocycles. The third kappa shape index (κ3) is 2.11. The Balaban J connectivity index is 2.26. The molecule has 0 radical (unpaired) electrons. The van der Waals surface area contributed by atoms with Crippen molar-refractivity contribution in [3.05, 3.63) is 64.7 Å². The van der Waals surface area contributed by atoms with E-state index in [0.717, 1.165) is 28.0 Å². The van der Waals surface area contributed by atoms with Crippen molar-refractivity contribution in [1.82, 2.24) is 0 Å². The summed E-state index contributed by atoms with van der Waals surface area (Å²) in [5.41, 5.74) is 3.44. The molecule has 2 unspecified atom stereocenters. The number of halogens is 2. The molecule has 2 aromatic carbocycles. The first kappa shape index (κ1) is 13.8. The number of carbonyl (C=O) groups is 1. The van der Waals surface area contributed by atoms with E-state index in [-0.39, 0.29) is 15.4 Å². The van der Waals surface area contributed by atoms with Crippen molar-refractivity contribution in [2.24, 2.45) is 0 Å². The van der Waals surface area contributed by atoms with Crippen LogP contribution in [0.25, 0.3) is 0 Å². The van der Waals surface area contributed by atoms with Gasteiger partial charge in [0.05, 0.1) is 16.8 Å². The van der Waals surface area contributed by atoms with Gasteiger partial charge in [-0.15, -0.1) is 0 Å². The standard InChI is InChI=1S/C16H12Br2O2/c1-20-9-6-7-12-13(8-9)15(18)14(17)10-4-2-3-5-11(10)16(12)19/h2-8,14-15H,1H3. The van der Waals surface area contributed by atoms with Crippen LogP contribution in [0.4, 0.5) is 0 Å². The number of hydrogen-bond donors (Lipinski definition) is 0. The fourth-order valence-electron chi connectivity index (χ4n) is 2.51. The first-order valence-electron chi connectivity index (χ1n) is 6.23. The smallest absolute Gasteiger partial charge is 0.193 e. The molecule has 0 saturated carbocycles. The minimum atomic E-state index is 0.0141. The molecule has 0 fully saturated rings. The van der Waals surface area contributed by atoms with Crippen LogP contribution in [0.1, 0.15) is 36.7 Å². The first-order valence-corrected chi connectivity index (χ1v) is 8.06. The Kier molecular flexibility index (Phi) is 3.69. The lowest BCUT2D eigenvalue weighted by molar-refractivity contribution is 0.103. The topological polar surface area (TPSA) is 26.3 Å². The SMILES string of the molecule is COc1ccc2c(c1)C(Br)C(Br)c1ccccc1C2=O. The summed E-state index contributed by atoms with van der Waals surface area (Å²) in [5.74, 6) is 0.816. The van der Waals surface area contributed by atoms with Gasteiger partial charge in [0.25, 0.3) is 0 Å². The van der Waals surface area contributed by atoms with Crippen LogP contribution in [0.2, 0.25) is 0 Å². The van der Waals surface area contributed by atoms with Gasteiger partial charge in [-0.2, -0.15) is 0 Å². The van der Waals surface area contributed by atoms with Gasteiger partial charge in [-0.1, -0.05) is 56.1 Å². The van der Waals surface area contributed by atoms with Gasteiger partial charge in [-0.25, -0.2) is 0 Å². The van der Waals surface area contributed by atoms with Gasteiger partial charge >= 0.3 is 0 Å². The van der Waals surface area contributed by atoms with Crippen LogP contribution in [0.3, 0.4) is 0 Å². The Labute approximate surface area is 134 Å². The van der Waals surface area contributed by atoms with E-state index in [1.807, 2.05) is 42.5 Å². The third-order valence-electron chi connectivity index (χ3n) is 3.56. The van der Waals surface area contributed by atoms with Crippen molar-refractivity contribution in [3.8, 4) is 5.75 Å². The van der Waals surface area contributed by atoms with Crippen LogP contribution >= 0.6 is 31.9 Å². The van der Waals surface area contributed by atoms with Gasteiger partial charge in [0.1, 0.15) is 5.75 Å². The molecule has 0 heterocycles. The molecule has 0 amide bonds. The Bertz CT molecular complexity index is 682. The lowest BCUT2D eigenvalue weighted by atomic mass is 9.99. The summed E-state index contributed by atoms with van der Waals surface area (Å²) in [7, 11) is 1.63. The minimum Gasteiger partial charge on any atom is -0.497 e. The molecule has 0 N–H and O–H groups in total. The molecule has 102 valence electrons. The Morgan fingerprint density at radius 3 is 2.35 bits per heavy atom. The second-order valence-corrected chi connectivity index (χ2v) is 6.65. The fourth-order valence-corrected chi connectivity index (χ4v) is 3.85. The number of benzene rings is 2. The second kappa shape index (κ2) is 5.34. The predicted molar refractivity (Wildman–Crippen MR) is 86.2 cm³/mol. The van der Waals surface area contributed by atoms with Crippen molar-refractivity contribution in [2.45, 2.75) is 9.65 Å². The molecule has 0 bridgehead atoms. The van der Waals surface area contributed by atoms with E-state index < -0.39 is 0 Å². The number of ether oxygens (including phenoxy) is 1. The number of alkyl halides is 2. The summed E-state index contributed by atoms with van der Waals surface area (Å²) in [6, 6.07) is 13.3. The van der Waals surface area contributed by atoms with E-state index in [1.54, 1.807) is 7.11 Å². The average Bonchev–Trinajstić information content (AvgIpc) is 2.58. The molecule has 0 aromatic heterocycles. The largest absolute Gasteiger partial charge is 0.497 e. The highest BCUT2D eigenvalue weighted by molar-refractivity contribution is 9.12. The summed E-state index contributed by atoms with van der Waals surface area (Å²) in [6.45, 7) is 0. The quantitative estimate of drug-likeness (QED) is 0.647. The average molecular weight is 396 g/mol. The van der Waals surface area contributed by atoms with E-state index in [9.17, 15) is 4.79 Å². The fraction of sp³-hybridized carbons (Fsp3) is 0.188. The summed E-state index contributed by atoms with van der Waals surface area (Å²) >= 11 is 7.41. The van der Waals surface area contributed by atoms with Crippen LogP contribution in [0.15, 0.2) is 42.5 Å². The van der Waals surface area contributed by atoms with Crippen LogP contribution < -0.4 is 4.74 Å². The maximum atomic E-state index is 12.7. The van der Waals surface area contributed by atoms with E-state index in [0.29, 0.717) is 0 Å². The zero-order chi connectivity index (χ0) is 14.3. The van der Waals surface area contributed by atoms with Gasteiger partial charge in [-0.3, -0.25) is 4.79 Å². The van der Waals surface area contributed by atoms with Crippen molar-refractivity contribution in [1.29, 1.82) is 0 Å². The molecule has 0 spiro atoms. The number of hydrogen-bond acceptors (Lipinski definition) is 2. The molecule has 20 heavy (non-hydrogen) atoms. The minimum absolute atomic E-state index is 0.0141. The maximum Gasteiger partial charge on any atom is 0.193 e. The van der Waals surface area contributed by atoms with Gasteiger partial charge in [0.2, 0.25) is 0 Å². The molecular formula is C16H12Br2O2. The lowest BCUT2D eigenvalue weighted by Gasteiger charge is -2.17. The number of rotatable bonds is 1. The van der Waals surface area contributed by atoms with E-state index >= 15 is 0 Å². The van der Waals surface area contributed by atoms with E-state index in [1.165, 1.54) is 0 Å². The second-order valence-electron chi connectivity index (χ2n) is 4.67. The Hall–Kier alpha value is -1.13. The van der Waals surface area contributed by atoms with Crippen molar-refractivity contribution in [2.75, 3.05) is 7.11 Å². The molecule has 3 rings (SSSR count). The highest BCUT2D eigenvalue weighted by atomic mass is 79.9. The molecule has 0 aliphatic heterocycles. The summed E-state index contributed by atoms with van der Waals surface area (Å²) in [5, 5.41) is 0. The Morgan fingerprint density at radius 1 is 0.950 bits per heavy atom. The molecule has 0 saturated heterocycles. The van der Waals surface area contributed by atoms with Crippen LogP contribution in [0, 0.1) is 0 Å². The lowest BCUT2D eigenvalue weighted by Crippen LogP contribution is -2.04. The molecule has 1 aliphatic rings. The highest BCUT2D eigenvalue weighted by Crippen LogP contribution is 2.48. The molecule has 2 nitrogen and oxygen atoms in total. The molecule has 4 heteroatoms.